The monoisotopic (exact) mass is 404 g/mol. The number of hydrazone groups is 1. The van der Waals surface area contributed by atoms with Crippen LogP contribution in [-0.4, -0.2) is 31.4 Å². The Hall–Kier alpha value is -2.73. The molecule has 1 amide bonds. The topological polar surface area (TPSA) is 69.2 Å². The van der Waals surface area contributed by atoms with Crippen molar-refractivity contribution >= 4 is 23.7 Å². The van der Waals surface area contributed by atoms with Gasteiger partial charge in [-0.3, -0.25) is 4.79 Å². The van der Waals surface area contributed by atoms with Gasteiger partial charge in [-0.2, -0.15) is 5.10 Å². The molecule has 7 heteroatoms. The maximum Gasteiger partial charge on any atom is 0.271 e. The normalized spacial score (nSPS) is 10.9. The van der Waals surface area contributed by atoms with E-state index in [1.54, 1.807) is 36.4 Å². The number of hydrogen-bond donors (Lipinski definition) is 1. The zero-order valence-corrected chi connectivity index (χ0v) is 17.2. The minimum Gasteiger partial charge on any atom is -0.494 e. The van der Waals surface area contributed by atoms with E-state index >= 15 is 0 Å². The average molecular weight is 405 g/mol. The summed E-state index contributed by atoms with van der Waals surface area (Å²) in [5.41, 5.74) is 3.65. The molecule has 28 heavy (non-hydrogen) atoms. The predicted octanol–water partition coefficient (Wildman–Crippen LogP) is 4.69. The summed E-state index contributed by atoms with van der Waals surface area (Å²) in [5.74, 6) is 1.41. The van der Waals surface area contributed by atoms with Crippen LogP contribution in [0.5, 0.6) is 17.2 Å². The van der Waals surface area contributed by atoms with Gasteiger partial charge in [0, 0.05) is 5.56 Å². The lowest BCUT2D eigenvalue weighted by molar-refractivity contribution is 0.0955. The van der Waals surface area contributed by atoms with Crippen LogP contribution < -0.4 is 19.6 Å². The lowest BCUT2D eigenvalue weighted by Gasteiger charge is -2.16. The molecule has 0 saturated carbocycles. The summed E-state index contributed by atoms with van der Waals surface area (Å²) >= 11 is 6.33. The van der Waals surface area contributed by atoms with E-state index in [0.29, 0.717) is 46.6 Å². The summed E-state index contributed by atoms with van der Waals surface area (Å²) in [5, 5.41) is 4.41. The highest BCUT2D eigenvalue weighted by molar-refractivity contribution is 6.32. The minimum atomic E-state index is -0.324. The van der Waals surface area contributed by atoms with Crippen LogP contribution in [0, 0.1) is 0 Å². The lowest BCUT2D eigenvalue weighted by atomic mass is 10.2. The Labute approximate surface area is 170 Å². The number of hydrogen-bond acceptors (Lipinski definition) is 5. The number of halogens is 1. The van der Waals surface area contributed by atoms with Gasteiger partial charge in [0.1, 0.15) is 5.75 Å². The highest BCUT2D eigenvalue weighted by Crippen LogP contribution is 2.37. The smallest absolute Gasteiger partial charge is 0.271 e. The Kier molecular flexibility index (Phi) is 8.14. The van der Waals surface area contributed by atoms with Gasteiger partial charge in [-0.05, 0) is 69.7 Å². The Morgan fingerprint density at radius 2 is 1.82 bits per heavy atom. The molecular weight excluding hydrogens is 380 g/mol. The van der Waals surface area contributed by atoms with Gasteiger partial charge >= 0.3 is 0 Å². The number of carbonyl (C=O) groups excluding carboxylic acids is 1. The molecule has 0 aromatic heterocycles. The van der Waals surface area contributed by atoms with Crippen molar-refractivity contribution in [3.63, 3.8) is 0 Å². The van der Waals surface area contributed by atoms with Crippen LogP contribution in [0.2, 0.25) is 5.02 Å². The Morgan fingerprint density at radius 1 is 1.14 bits per heavy atom. The minimum absolute atomic E-state index is 0.0374. The summed E-state index contributed by atoms with van der Waals surface area (Å²) in [6.07, 6.45) is 1.46. The first-order chi connectivity index (χ1) is 13.4. The quantitative estimate of drug-likeness (QED) is 0.486. The standard InChI is InChI=1S/C21H25ClN2O4/c1-5-26-17-9-7-16(8-10-17)21(25)24-23-13-15-11-18(22)20(28-14(3)4)19(12-15)27-6-2/h7-14H,5-6H2,1-4H3,(H,24,25)/b23-13-. The molecule has 0 aliphatic heterocycles. The van der Waals surface area contributed by atoms with Crippen molar-refractivity contribution in [1.82, 2.24) is 5.43 Å². The number of carbonyl (C=O) groups is 1. The van der Waals surface area contributed by atoms with Crippen molar-refractivity contribution in [3.8, 4) is 17.2 Å². The van der Waals surface area contributed by atoms with Gasteiger partial charge in [0.25, 0.3) is 5.91 Å². The number of amides is 1. The zero-order valence-electron chi connectivity index (χ0n) is 16.5. The maximum absolute atomic E-state index is 12.2. The second-order valence-corrected chi connectivity index (χ2v) is 6.49. The molecule has 2 aromatic carbocycles. The number of nitrogens with zero attached hydrogens (tertiary/aromatic N) is 1. The Balaban J connectivity index is 2.09. The average Bonchev–Trinajstić information content (AvgIpc) is 2.65. The van der Waals surface area contributed by atoms with Crippen LogP contribution in [0.15, 0.2) is 41.5 Å². The molecular formula is C21H25ClN2O4. The molecule has 2 rings (SSSR count). The third-order valence-electron chi connectivity index (χ3n) is 3.49. The Bertz CT molecular complexity index is 820. The van der Waals surface area contributed by atoms with Crippen LogP contribution in [0.1, 0.15) is 43.6 Å². The van der Waals surface area contributed by atoms with Crippen LogP contribution in [0.4, 0.5) is 0 Å². The number of ether oxygens (including phenoxy) is 3. The molecule has 0 fully saturated rings. The summed E-state index contributed by atoms with van der Waals surface area (Å²) in [6, 6.07) is 10.3. The summed E-state index contributed by atoms with van der Waals surface area (Å²) in [4.78, 5) is 12.2. The van der Waals surface area contributed by atoms with E-state index < -0.39 is 0 Å². The van der Waals surface area contributed by atoms with Crippen LogP contribution in [0.3, 0.4) is 0 Å². The van der Waals surface area contributed by atoms with Gasteiger partial charge in [-0.1, -0.05) is 11.6 Å². The molecule has 0 spiro atoms. The highest BCUT2D eigenvalue weighted by atomic mass is 35.5. The second-order valence-electron chi connectivity index (χ2n) is 6.09. The molecule has 150 valence electrons. The first-order valence-corrected chi connectivity index (χ1v) is 9.51. The molecule has 0 aliphatic rings. The summed E-state index contributed by atoms with van der Waals surface area (Å²) < 4.78 is 16.7. The van der Waals surface area contributed by atoms with Crippen molar-refractivity contribution in [1.29, 1.82) is 0 Å². The molecule has 0 aliphatic carbocycles. The van der Waals surface area contributed by atoms with Crippen molar-refractivity contribution in [3.05, 3.63) is 52.5 Å². The van der Waals surface area contributed by atoms with Crippen molar-refractivity contribution < 1.29 is 19.0 Å². The fourth-order valence-corrected chi connectivity index (χ4v) is 2.64. The van der Waals surface area contributed by atoms with E-state index in [2.05, 4.69) is 10.5 Å². The fourth-order valence-electron chi connectivity index (χ4n) is 2.37. The first-order valence-electron chi connectivity index (χ1n) is 9.13. The van der Waals surface area contributed by atoms with E-state index in [4.69, 9.17) is 25.8 Å². The van der Waals surface area contributed by atoms with E-state index in [9.17, 15) is 4.79 Å². The molecule has 2 aromatic rings. The van der Waals surface area contributed by atoms with E-state index in [0.717, 1.165) is 0 Å². The number of rotatable bonds is 9. The van der Waals surface area contributed by atoms with Crippen LogP contribution in [0.25, 0.3) is 0 Å². The summed E-state index contributed by atoms with van der Waals surface area (Å²) in [6.45, 7) is 8.66. The largest absolute Gasteiger partial charge is 0.494 e. The Morgan fingerprint density at radius 3 is 2.43 bits per heavy atom. The van der Waals surface area contributed by atoms with Gasteiger partial charge in [0.05, 0.1) is 30.6 Å². The molecule has 0 atom stereocenters. The van der Waals surface area contributed by atoms with Gasteiger partial charge in [-0.15, -0.1) is 0 Å². The van der Waals surface area contributed by atoms with Gasteiger partial charge in [-0.25, -0.2) is 5.43 Å². The SMILES string of the molecule is CCOc1ccc(C(=O)N/N=C\c2cc(Cl)c(OC(C)C)c(OCC)c2)cc1. The maximum atomic E-state index is 12.2. The molecule has 0 bridgehead atoms. The molecule has 0 radical (unpaired) electrons. The number of benzene rings is 2. The third kappa shape index (κ3) is 6.16. The van der Waals surface area contributed by atoms with Crippen molar-refractivity contribution in [2.75, 3.05) is 13.2 Å². The second kappa shape index (κ2) is 10.6. The fraction of sp³-hybridized carbons (Fsp3) is 0.333. The molecule has 6 nitrogen and oxygen atoms in total. The first kappa shape index (κ1) is 21.6. The molecule has 0 saturated heterocycles. The molecule has 0 unspecified atom stereocenters. The van der Waals surface area contributed by atoms with Crippen molar-refractivity contribution in [2.24, 2.45) is 5.10 Å². The van der Waals surface area contributed by atoms with Crippen LogP contribution >= 0.6 is 11.6 Å². The molecule has 0 heterocycles. The van der Waals surface area contributed by atoms with Gasteiger partial charge in [0.2, 0.25) is 0 Å². The van der Waals surface area contributed by atoms with E-state index in [-0.39, 0.29) is 12.0 Å². The van der Waals surface area contributed by atoms with Crippen LogP contribution in [-0.2, 0) is 0 Å². The molecule has 1 N–H and O–H groups in total. The van der Waals surface area contributed by atoms with Gasteiger partial charge in [0.15, 0.2) is 11.5 Å². The third-order valence-corrected chi connectivity index (χ3v) is 3.77. The lowest BCUT2D eigenvalue weighted by Crippen LogP contribution is -2.17. The summed E-state index contributed by atoms with van der Waals surface area (Å²) in [7, 11) is 0. The highest BCUT2D eigenvalue weighted by Gasteiger charge is 2.13. The number of nitrogens with one attached hydrogen (secondary N) is 1. The van der Waals surface area contributed by atoms with E-state index in [1.807, 2.05) is 27.7 Å². The van der Waals surface area contributed by atoms with E-state index in [1.165, 1.54) is 6.21 Å². The van der Waals surface area contributed by atoms with Gasteiger partial charge < -0.3 is 14.2 Å². The zero-order chi connectivity index (χ0) is 20.5. The predicted molar refractivity (Wildman–Crippen MR) is 111 cm³/mol. The van der Waals surface area contributed by atoms with Crippen molar-refractivity contribution in [2.45, 2.75) is 33.8 Å².